The molecule has 4 aromatic carbocycles. The van der Waals surface area contributed by atoms with Crippen molar-refractivity contribution >= 4 is 77.9 Å². The fraction of sp³-hybridized carbons (Fsp3) is 0.0500. The number of fused-ring (bicyclic) bond motifs is 4. The van der Waals surface area contributed by atoms with Crippen LogP contribution in [-0.4, -0.2) is 55.6 Å². The van der Waals surface area contributed by atoms with Crippen molar-refractivity contribution in [3.8, 4) is 0 Å². The predicted molar refractivity (Wildman–Crippen MR) is 217 cm³/mol. The zero-order valence-corrected chi connectivity index (χ0v) is 33.4. The van der Waals surface area contributed by atoms with E-state index < -0.39 is 43.4 Å². The molecule has 0 spiro atoms. The van der Waals surface area contributed by atoms with Gasteiger partial charge in [0.25, 0.3) is 17.7 Å². The van der Waals surface area contributed by atoms with Gasteiger partial charge >= 0.3 is 5.97 Å². The number of nitrogens with two attached hydrogens (primary N) is 1. The van der Waals surface area contributed by atoms with Crippen molar-refractivity contribution in [2.24, 2.45) is 5.73 Å². The summed E-state index contributed by atoms with van der Waals surface area (Å²) in [5.41, 5.74) is 7.31. The molecule has 2 aliphatic rings. The van der Waals surface area contributed by atoms with Crippen molar-refractivity contribution in [2.75, 3.05) is 10.6 Å². The number of hydrogen-bond donors (Lipinski definition) is 5. The van der Waals surface area contributed by atoms with E-state index >= 15 is 0 Å². The van der Waals surface area contributed by atoms with Crippen LogP contribution in [0.1, 0.15) is 52.6 Å². The molecule has 2 aliphatic heterocycles. The molecule has 0 saturated carbocycles. The highest BCUT2D eigenvalue weighted by Gasteiger charge is 2.32. The number of aromatic carboxylic acids is 1. The number of carbonyl (C=O) groups is 4. The average molecular weight is 874 g/mol. The first-order chi connectivity index (χ1) is 28.1. The summed E-state index contributed by atoms with van der Waals surface area (Å²) in [6.07, 6.45) is 3.21. The highest BCUT2D eigenvalue weighted by molar-refractivity contribution is 7.92. The summed E-state index contributed by atoms with van der Waals surface area (Å²) in [6.45, 7) is 0.736. The number of carboxylic acid groups (broad SMARTS) is 1. The molecule has 0 aliphatic carbocycles. The van der Waals surface area contributed by atoms with Gasteiger partial charge in [0.05, 0.1) is 47.6 Å². The number of halogens is 2. The van der Waals surface area contributed by atoms with Gasteiger partial charge in [-0.25, -0.2) is 31.6 Å². The Kier molecular flexibility index (Phi) is 12.5. The smallest absolute Gasteiger partial charge is 0.335 e. The molecule has 3 amide bonds. The summed E-state index contributed by atoms with van der Waals surface area (Å²) < 4.78 is 51.1. The lowest BCUT2D eigenvalue weighted by Gasteiger charge is -2.10. The quantitative estimate of drug-likeness (QED) is 0.125. The van der Waals surface area contributed by atoms with E-state index in [1.165, 1.54) is 60.7 Å². The molecule has 0 fully saturated rings. The molecule has 300 valence electrons. The third-order valence-electron chi connectivity index (χ3n) is 8.65. The summed E-state index contributed by atoms with van der Waals surface area (Å²) in [4.78, 5) is 55.5. The van der Waals surface area contributed by atoms with Gasteiger partial charge in [-0.2, -0.15) is 0 Å². The number of hydrogen-bond acceptors (Lipinski definition) is 11. The van der Waals surface area contributed by atoms with Gasteiger partial charge in [0.1, 0.15) is 10.3 Å². The Balaban J connectivity index is 0.000000169. The second kappa shape index (κ2) is 17.6. The molecular formula is C40H30Cl2N6O9S2. The molecular weight excluding hydrogens is 844 g/mol. The van der Waals surface area contributed by atoms with Crippen LogP contribution in [0.3, 0.4) is 0 Å². The van der Waals surface area contributed by atoms with Crippen LogP contribution in [0, 0.1) is 0 Å². The van der Waals surface area contributed by atoms with Gasteiger partial charge in [-0.15, -0.1) is 0 Å². The lowest BCUT2D eigenvalue weighted by Crippen LogP contribution is -2.23. The number of benzene rings is 4. The Morgan fingerprint density at radius 1 is 0.627 bits per heavy atom. The number of nitrogens with one attached hydrogen (secondary N) is 3. The summed E-state index contributed by atoms with van der Waals surface area (Å²) in [5.74, 6) is -2.76. The maximum atomic E-state index is 13.0. The van der Waals surface area contributed by atoms with Crippen LogP contribution in [0.25, 0.3) is 0 Å². The number of sulfone groups is 2. The first-order valence-electron chi connectivity index (χ1n) is 17.1. The number of aromatic nitrogens is 2. The van der Waals surface area contributed by atoms with Gasteiger partial charge in [-0.05, 0) is 83.9 Å². The first-order valence-corrected chi connectivity index (χ1v) is 20.8. The Morgan fingerprint density at radius 3 is 1.54 bits per heavy atom. The summed E-state index contributed by atoms with van der Waals surface area (Å²) in [7, 11) is -7.80. The SMILES string of the molecule is NCc1ccc(Cl)nc1.O=C(NCc1ccc(Cl)nc1)c1ccc2c(c1)NC(=O)c1ccccc1S2(=O)=O.O=C(O)c1ccc2c(c1)NC(=O)c1ccccc1S2(=O)=O. The minimum Gasteiger partial charge on any atom is -0.478 e. The Hall–Kier alpha value is -6.50. The molecule has 0 atom stereocenters. The molecule has 0 saturated heterocycles. The van der Waals surface area contributed by atoms with E-state index in [2.05, 4.69) is 25.9 Å². The van der Waals surface area contributed by atoms with E-state index in [-0.39, 0.29) is 59.8 Å². The molecule has 6 N–H and O–H groups in total. The van der Waals surface area contributed by atoms with Crippen molar-refractivity contribution < 1.29 is 41.1 Å². The van der Waals surface area contributed by atoms with Crippen molar-refractivity contribution in [2.45, 2.75) is 32.7 Å². The van der Waals surface area contributed by atoms with Gasteiger partial charge in [0.2, 0.25) is 19.7 Å². The number of nitrogens with zero attached hydrogens (tertiary/aromatic N) is 2. The van der Waals surface area contributed by atoms with Crippen LogP contribution < -0.4 is 21.7 Å². The normalized spacial score (nSPS) is 13.9. The maximum Gasteiger partial charge on any atom is 0.335 e. The maximum absolute atomic E-state index is 13.0. The van der Waals surface area contributed by atoms with E-state index in [1.807, 2.05) is 6.07 Å². The monoisotopic (exact) mass is 872 g/mol. The Bertz CT molecular complexity index is 2860. The minimum atomic E-state index is -3.91. The van der Waals surface area contributed by atoms with E-state index in [4.69, 9.17) is 34.0 Å². The molecule has 6 aromatic rings. The summed E-state index contributed by atoms with van der Waals surface area (Å²) >= 11 is 11.3. The third-order valence-corrected chi connectivity index (χ3v) is 12.8. The predicted octanol–water partition coefficient (Wildman–Crippen LogP) is 6.04. The van der Waals surface area contributed by atoms with Crippen molar-refractivity contribution in [1.82, 2.24) is 15.3 Å². The van der Waals surface area contributed by atoms with Gasteiger partial charge < -0.3 is 26.8 Å². The molecule has 0 radical (unpaired) electrons. The molecule has 0 bridgehead atoms. The first kappa shape index (κ1) is 42.1. The number of rotatable bonds is 5. The van der Waals surface area contributed by atoms with E-state index in [1.54, 1.807) is 48.8 Å². The topological polar surface area (TPSA) is 245 Å². The molecule has 2 aromatic heterocycles. The number of pyridine rings is 2. The van der Waals surface area contributed by atoms with Gasteiger partial charge in [0, 0.05) is 31.0 Å². The third kappa shape index (κ3) is 9.30. The standard InChI is InChI=1S/C20H14ClN3O4S.C14H9NO5S.C6H7ClN2/c21-18-8-5-12(10-22-18)11-23-19(25)13-6-7-17-15(9-13)24-20(26)14-3-1-2-4-16(14)29(17,27)28;16-13-9-3-1-2-4-11(9)21(19,20)12-6-5-8(14(17)18)7-10(12)15-13;7-6-2-1-5(3-8)4-9-6/h1-10H,11H2,(H,23,25)(H,24,26);1-7H,(H,15,16)(H,17,18);1-2,4H,3,8H2. The zero-order chi connectivity index (χ0) is 42.5. The van der Waals surface area contributed by atoms with Crippen LogP contribution in [0.5, 0.6) is 0 Å². The highest BCUT2D eigenvalue weighted by atomic mass is 35.5. The van der Waals surface area contributed by atoms with E-state index in [0.717, 1.165) is 17.2 Å². The summed E-state index contributed by atoms with van der Waals surface area (Å²) in [6, 6.07) is 26.4. The van der Waals surface area contributed by atoms with E-state index in [9.17, 15) is 36.0 Å². The van der Waals surface area contributed by atoms with Crippen LogP contribution in [0.2, 0.25) is 10.3 Å². The van der Waals surface area contributed by atoms with E-state index in [0.29, 0.717) is 16.9 Å². The minimum absolute atomic E-state index is 0.0314. The van der Waals surface area contributed by atoms with Gasteiger partial charge in [0.15, 0.2) is 0 Å². The van der Waals surface area contributed by atoms with Crippen molar-refractivity contribution in [1.29, 1.82) is 0 Å². The fourth-order valence-electron chi connectivity index (χ4n) is 5.71. The number of carboxylic acids is 1. The molecule has 8 rings (SSSR count). The molecule has 15 nitrogen and oxygen atoms in total. The fourth-order valence-corrected chi connectivity index (χ4v) is 9.12. The van der Waals surface area contributed by atoms with Crippen molar-refractivity contribution in [3.05, 3.63) is 165 Å². The van der Waals surface area contributed by atoms with Gasteiger partial charge in [-0.1, -0.05) is 59.6 Å². The van der Waals surface area contributed by atoms with Crippen molar-refractivity contribution in [3.63, 3.8) is 0 Å². The average Bonchev–Trinajstić information content (AvgIpc) is 3.37. The molecule has 59 heavy (non-hydrogen) atoms. The number of anilines is 2. The number of amides is 3. The Labute approximate surface area is 347 Å². The largest absolute Gasteiger partial charge is 0.478 e. The Morgan fingerprint density at radius 2 is 1.08 bits per heavy atom. The second-order valence-electron chi connectivity index (χ2n) is 12.5. The highest BCUT2D eigenvalue weighted by Crippen LogP contribution is 2.35. The molecule has 4 heterocycles. The molecule has 0 unspecified atom stereocenters. The van der Waals surface area contributed by atoms with Crippen LogP contribution in [0.4, 0.5) is 11.4 Å². The number of carbonyl (C=O) groups excluding carboxylic acids is 3. The second-order valence-corrected chi connectivity index (χ2v) is 17.0. The van der Waals surface area contributed by atoms with Crippen LogP contribution >= 0.6 is 23.2 Å². The van der Waals surface area contributed by atoms with Gasteiger partial charge in [-0.3, -0.25) is 14.4 Å². The lowest BCUT2D eigenvalue weighted by atomic mass is 10.1. The lowest BCUT2D eigenvalue weighted by molar-refractivity contribution is 0.0695. The van der Waals surface area contributed by atoms with Crippen LogP contribution in [0.15, 0.2) is 141 Å². The molecule has 19 heteroatoms. The van der Waals surface area contributed by atoms with Crippen LogP contribution in [-0.2, 0) is 32.8 Å². The summed E-state index contributed by atoms with van der Waals surface area (Å²) in [5, 5.41) is 17.6. The zero-order valence-electron chi connectivity index (χ0n) is 30.2.